The summed E-state index contributed by atoms with van der Waals surface area (Å²) >= 11 is 0. The first-order valence-electron chi connectivity index (χ1n) is 4.63. The third-order valence-electron chi connectivity index (χ3n) is 2.12. The molecule has 3 atom stereocenters. The SMILES string of the molecule is CCC(=O)OC(C=O)C1OCCC1O. The molecule has 0 bridgehead atoms. The maximum Gasteiger partial charge on any atom is 0.306 e. The van der Waals surface area contributed by atoms with Crippen molar-refractivity contribution in [3.63, 3.8) is 0 Å². The number of carbonyl (C=O) groups is 2. The minimum absolute atomic E-state index is 0.202. The Morgan fingerprint density at radius 2 is 2.50 bits per heavy atom. The Hall–Kier alpha value is -0.940. The lowest BCUT2D eigenvalue weighted by Gasteiger charge is -2.20. The molecular formula is C9H14O5. The van der Waals surface area contributed by atoms with Gasteiger partial charge < -0.3 is 14.6 Å². The highest BCUT2D eigenvalue weighted by Crippen LogP contribution is 2.18. The summed E-state index contributed by atoms with van der Waals surface area (Å²) < 4.78 is 9.92. The van der Waals surface area contributed by atoms with Gasteiger partial charge in [0.2, 0.25) is 0 Å². The van der Waals surface area contributed by atoms with Gasteiger partial charge in [-0.1, -0.05) is 6.92 Å². The van der Waals surface area contributed by atoms with E-state index in [-0.39, 0.29) is 6.42 Å². The molecule has 3 unspecified atom stereocenters. The number of ether oxygens (including phenoxy) is 2. The van der Waals surface area contributed by atoms with E-state index in [2.05, 4.69) is 0 Å². The van der Waals surface area contributed by atoms with E-state index in [9.17, 15) is 14.7 Å². The molecule has 0 aromatic carbocycles. The Balaban J connectivity index is 2.52. The van der Waals surface area contributed by atoms with Crippen LogP contribution in [0, 0.1) is 0 Å². The van der Waals surface area contributed by atoms with Crippen molar-refractivity contribution in [1.29, 1.82) is 0 Å². The zero-order valence-electron chi connectivity index (χ0n) is 8.01. The van der Waals surface area contributed by atoms with Gasteiger partial charge in [-0.05, 0) is 6.42 Å². The number of rotatable bonds is 4. The van der Waals surface area contributed by atoms with E-state index >= 15 is 0 Å². The lowest BCUT2D eigenvalue weighted by molar-refractivity contribution is -0.161. The average Bonchev–Trinajstić information content (AvgIpc) is 2.60. The molecule has 1 fully saturated rings. The van der Waals surface area contributed by atoms with Gasteiger partial charge in [0, 0.05) is 13.0 Å². The Morgan fingerprint density at radius 3 is 2.93 bits per heavy atom. The number of hydrogen-bond donors (Lipinski definition) is 1. The second-order valence-electron chi connectivity index (χ2n) is 3.14. The van der Waals surface area contributed by atoms with Crippen LogP contribution in [-0.4, -0.2) is 42.3 Å². The third-order valence-corrected chi connectivity index (χ3v) is 2.12. The van der Waals surface area contributed by atoms with Crippen LogP contribution in [0.1, 0.15) is 19.8 Å². The molecule has 5 heteroatoms. The first kappa shape index (κ1) is 11.1. The van der Waals surface area contributed by atoms with Gasteiger partial charge in [-0.25, -0.2) is 0 Å². The molecule has 0 amide bonds. The number of esters is 1. The number of hydrogen-bond acceptors (Lipinski definition) is 5. The van der Waals surface area contributed by atoms with Gasteiger partial charge in [0.1, 0.15) is 6.10 Å². The zero-order chi connectivity index (χ0) is 10.6. The quantitative estimate of drug-likeness (QED) is 0.498. The summed E-state index contributed by atoms with van der Waals surface area (Å²) in [7, 11) is 0. The van der Waals surface area contributed by atoms with Crippen LogP contribution in [0.2, 0.25) is 0 Å². The highest BCUT2D eigenvalue weighted by Gasteiger charge is 2.35. The lowest BCUT2D eigenvalue weighted by Crippen LogP contribution is -2.38. The summed E-state index contributed by atoms with van der Waals surface area (Å²) in [6, 6.07) is 0. The highest BCUT2D eigenvalue weighted by atomic mass is 16.6. The monoisotopic (exact) mass is 202 g/mol. The van der Waals surface area contributed by atoms with Gasteiger partial charge in [0.15, 0.2) is 12.4 Å². The van der Waals surface area contributed by atoms with Crippen LogP contribution in [0.15, 0.2) is 0 Å². The second-order valence-corrected chi connectivity index (χ2v) is 3.14. The summed E-state index contributed by atoms with van der Waals surface area (Å²) in [4.78, 5) is 21.5. The van der Waals surface area contributed by atoms with E-state index in [0.29, 0.717) is 19.3 Å². The molecular weight excluding hydrogens is 188 g/mol. The van der Waals surface area contributed by atoms with Crippen molar-refractivity contribution in [2.24, 2.45) is 0 Å². The Bertz CT molecular complexity index is 215. The van der Waals surface area contributed by atoms with Crippen LogP contribution in [0.25, 0.3) is 0 Å². The number of aliphatic hydroxyl groups excluding tert-OH is 1. The minimum Gasteiger partial charge on any atom is -0.452 e. The van der Waals surface area contributed by atoms with Crippen LogP contribution >= 0.6 is 0 Å². The van der Waals surface area contributed by atoms with Gasteiger partial charge in [0.25, 0.3) is 0 Å². The van der Waals surface area contributed by atoms with Crippen LogP contribution in [0.5, 0.6) is 0 Å². The smallest absolute Gasteiger partial charge is 0.306 e. The number of aliphatic hydroxyl groups is 1. The largest absolute Gasteiger partial charge is 0.452 e. The molecule has 0 spiro atoms. The second kappa shape index (κ2) is 5.07. The highest BCUT2D eigenvalue weighted by molar-refractivity contribution is 5.72. The fourth-order valence-corrected chi connectivity index (χ4v) is 1.32. The molecule has 1 heterocycles. The summed E-state index contributed by atoms with van der Waals surface area (Å²) in [5.74, 6) is -0.468. The molecule has 1 N–H and O–H groups in total. The lowest BCUT2D eigenvalue weighted by atomic mass is 10.1. The van der Waals surface area contributed by atoms with Crippen LogP contribution in [0.4, 0.5) is 0 Å². The molecule has 1 rings (SSSR count). The van der Waals surface area contributed by atoms with Crippen LogP contribution in [-0.2, 0) is 19.1 Å². The van der Waals surface area contributed by atoms with Gasteiger partial charge >= 0.3 is 5.97 Å². The molecule has 0 aliphatic carbocycles. The Morgan fingerprint density at radius 1 is 1.79 bits per heavy atom. The van der Waals surface area contributed by atoms with Crippen molar-refractivity contribution in [3.8, 4) is 0 Å². The van der Waals surface area contributed by atoms with Gasteiger partial charge in [-0.3, -0.25) is 9.59 Å². The molecule has 1 aliphatic rings. The molecule has 1 aliphatic heterocycles. The maximum atomic E-state index is 10.9. The first-order chi connectivity index (χ1) is 6.69. The van der Waals surface area contributed by atoms with Crippen molar-refractivity contribution >= 4 is 12.3 Å². The summed E-state index contributed by atoms with van der Waals surface area (Å²) in [6.45, 7) is 2.02. The van der Waals surface area contributed by atoms with Gasteiger partial charge in [-0.15, -0.1) is 0 Å². The fourth-order valence-electron chi connectivity index (χ4n) is 1.32. The van der Waals surface area contributed by atoms with E-state index in [1.807, 2.05) is 0 Å². The predicted octanol–water partition coefficient (Wildman–Crippen LogP) is -0.343. The minimum atomic E-state index is -0.986. The molecule has 14 heavy (non-hydrogen) atoms. The predicted molar refractivity (Wildman–Crippen MR) is 46.6 cm³/mol. The molecule has 1 saturated heterocycles. The summed E-state index contributed by atoms with van der Waals surface area (Å²) in [5, 5.41) is 9.40. The third kappa shape index (κ3) is 2.52. The number of aldehydes is 1. The van der Waals surface area contributed by atoms with Crippen molar-refractivity contribution in [1.82, 2.24) is 0 Å². The van der Waals surface area contributed by atoms with Gasteiger partial charge in [0.05, 0.1) is 6.10 Å². The standard InChI is InChI=1S/C9H14O5/c1-2-8(12)14-7(5-10)9-6(11)3-4-13-9/h5-7,9,11H,2-4H2,1H3. The summed E-state index contributed by atoms with van der Waals surface area (Å²) in [5.41, 5.74) is 0. The van der Waals surface area contributed by atoms with Crippen molar-refractivity contribution in [2.75, 3.05) is 6.61 Å². The molecule has 80 valence electrons. The van der Waals surface area contributed by atoms with Crippen LogP contribution in [0.3, 0.4) is 0 Å². The Labute approximate surface area is 82.0 Å². The molecule has 0 radical (unpaired) electrons. The maximum absolute atomic E-state index is 10.9. The van der Waals surface area contributed by atoms with E-state index < -0.39 is 24.3 Å². The Kier molecular flexibility index (Phi) is 4.03. The summed E-state index contributed by atoms with van der Waals surface area (Å²) in [6.07, 6.45) is -1.25. The van der Waals surface area contributed by atoms with E-state index in [1.165, 1.54) is 0 Å². The van der Waals surface area contributed by atoms with Crippen molar-refractivity contribution in [2.45, 2.75) is 38.1 Å². The first-order valence-corrected chi connectivity index (χ1v) is 4.63. The normalized spacial score (nSPS) is 28.4. The molecule has 0 aromatic rings. The van der Waals surface area contributed by atoms with Crippen LogP contribution < -0.4 is 0 Å². The van der Waals surface area contributed by atoms with E-state index in [0.717, 1.165) is 0 Å². The van der Waals surface area contributed by atoms with Gasteiger partial charge in [-0.2, -0.15) is 0 Å². The average molecular weight is 202 g/mol. The fraction of sp³-hybridized carbons (Fsp3) is 0.778. The zero-order valence-corrected chi connectivity index (χ0v) is 8.01. The number of carbonyl (C=O) groups excluding carboxylic acids is 2. The topological polar surface area (TPSA) is 72.8 Å². The molecule has 0 saturated carbocycles. The van der Waals surface area contributed by atoms with Crippen molar-refractivity contribution < 1.29 is 24.2 Å². The van der Waals surface area contributed by atoms with E-state index in [4.69, 9.17) is 9.47 Å². The molecule has 5 nitrogen and oxygen atoms in total. The van der Waals surface area contributed by atoms with E-state index in [1.54, 1.807) is 6.92 Å². The van der Waals surface area contributed by atoms with Crippen molar-refractivity contribution in [3.05, 3.63) is 0 Å². The molecule has 0 aromatic heterocycles.